The second kappa shape index (κ2) is 5.97. The van der Waals surface area contributed by atoms with Gasteiger partial charge >= 0.3 is 0 Å². The van der Waals surface area contributed by atoms with Gasteiger partial charge < -0.3 is 5.32 Å². The summed E-state index contributed by atoms with van der Waals surface area (Å²) in [7, 11) is 0. The molecule has 1 N–H and O–H groups in total. The number of carbonyl (C=O) groups excluding carboxylic acids is 1. The maximum Gasteiger partial charge on any atom is 0.162 e. The molecule has 1 unspecified atom stereocenters. The molecule has 0 bridgehead atoms. The molecule has 1 fully saturated rings. The van der Waals surface area contributed by atoms with E-state index in [-0.39, 0.29) is 0 Å². The Morgan fingerprint density at radius 2 is 2.35 bits per heavy atom. The predicted molar refractivity (Wildman–Crippen MR) is 70.3 cm³/mol. The van der Waals surface area contributed by atoms with E-state index in [0.717, 1.165) is 30.6 Å². The molecule has 1 aromatic rings. The molecule has 1 heterocycles. The molecule has 0 aliphatic carbocycles. The van der Waals surface area contributed by atoms with E-state index in [4.69, 9.17) is 0 Å². The summed E-state index contributed by atoms with van der Waals surface area (Å²) in [5.74, 6) is 0.983. The van der Waals surface area contributed by atoms with Crippen LogP contribution in [0.5, 0.6) is 0 Å². The molecule has 2 rings (SSSR count). The second-order valence-corrected chi connectivity index (χ2v) is 5.04. The first-order valence-electron chi connectivity index (χ1n) is 6.56. The Kier molecular flexibility index (Phi) is 4.32. The third-order valence-corrected chi connectivity index (χ3v) is 3.52. The molecule has 17 heavy (non-hydrogen) atoms. The van der Waals surface area contributed by atoms with Crippen molar-refractivity contribution in [2.24, 2.45) is 5.92 Å². The summed E-state index contributed by atoms with van der Waals surface area (Å²) in [4.78, 5) is 12.0. The molecule has 1 aliphatic heterocycles. The molecule has 1 aromatic carbocycles. The minimum Gasteiger partial charge on any atom is -0.316 e. The van der Waals surface area contributed by atoms with E-state index < -0.39 is 0 Å². The smallest absolute Gasteiger partial charge is 0.162 e. The van der Waals surface area contributed by atoms with Crippen molar-refractivity contribution in [1.82, 2.24) is 5.32 Å². The molecule has 92 valence electrons. The maximum atomic E-state index is 12.0. The number of benzene rings is 1. The van der Waals surface area contributed by atoms with Gasteiger partial charge in [0.05, 0.1) is 0 Å². The van der Waals surface area contributed by atoms with Crippen molar-refractivity contribution in [3.63, 3.8) is 0 Å². The van der Waals surface area contributed by atoms with Gasteiger partial charge in [0, 0.05) is 12.0 Å². The lowest BCUT2D eigenvalue weighted by molar-refractivity contribution is 0.0971. The van der Waals surface area contributed by atoms with Gasteiger partial charge in [0.15, 0.2) is 5.78 Å². The number of hydrogen-bond acceptors (Lipinski definition) is 2. The summed E-state index contributed by atoms with van der Waals surface area (Å²) in [5, 5.41) is 3.40. The predicted octanol–water partition coefficient (Wildman–Crippen LogP) is 2.96. The summed E-state index contributed by atoms with van der Waals surface area (Å²) in [6, 6.07) is 7.91. The fourth-order valence-corrected chi connectivity index (χ4v) is 2.47. The van der Waals surface area contributed by atoms with Crippen LogP contribution >= 0.6 is 0 Å². The maximum absolute atomic E-state index is 12.0. The standard InChI is InChI=1S/C15H21NO/c1-12-4-2-6-14(10-12)15(17)8-7-13-5-3-9-16-11-13/h2,4,6,10,13,16H,3,5,7-9,11H2,1H3. The molecule has 0 aromatic heterocycles. The van der Waals surface area contributed by atoms with E-state index in [1.165, 1.54) is 12.8 Å². The summed E-state index contributed by atoms with van der Waals surface area (Å²) >= 11 is 0. The van der Waals surface area contributed by atoms with E-state index >= 15 is 0 Å². The minimum absolute atomic E-state index is 0.291. The van der Waals surface area contributed by atoms with Gasteiger partial charge in [-0.05, 0) is 51.3 Å². The van der Waals surface area contributed by atoms with Crippen molar-refractivity contribution in [3.05, 3.63) is 35.4 Å². The summed E-state index contributed by atoms with van der Waals surface area (Å²) in [6.45, 7) is 4.26. The topological polar surface area (TPSA) is 29.1 Å². The van der Waals surface area contributed by atoms with E-state index in [0.29, 0.717) is 18.1 Å². The van der Waals surface area contributed by atoms with Gasteiger partial charge in [-0.3, -0.25) is 4.79 Å². The number of nitrogens with one attached hydrogen (secondary N) is 1. The van der Waals surface area contributed by atoms with E-state index in [1.54, 1.807) is 0 Å². The first kappa shape index (κ1) is 12.3. The van der Waals surface area contributed by atoms with Crippen molar-refractivity contribution in [1.29, 1.82) is 0 Å². The van der Waals surface area contributed by atoms with Gasteiger partial charge in [-0.2, -0.15) is 0 Å². The normalized spacial score (nSPS) is 20.2. The van der Waals surface area contributed by atoms with Crippen molar-refractivity contribution in [3.8, 4) is 0 Å². The highest BCUT2D eigenvalue weighted by Crippen LogP contribution is 2.18. The lowest BCUT2D eigenvalue weighted by Crippen LogP contribution is -2.30. The Labute approximate surface area is 103 Å². The minimum atomic E-state index is 0.291. The van der Waals surface area contributed by atoms with Crippen LogP contribution in [0.4, 0.5) is 0 Å². The number of piperidine rings is 1. The molecule has 0 amide bonds. The largest absolute Gasteiger partial charge is 0.316 e. The van der Waals surface area contributed by atoms with E-state index in [1.807, 2.05) is 31.2 Å². The van der Waals surface area contributed by atoms with Gasteiger partial charge in [-0.1, -0.05) is 23.8 Å². The van der Waals surface area contributed by atoms with E-state index in [9.17, 15) is 4.79 Å². The molecular weight excluding hydrogens is 210 g/mol. The average Bonchev–Trinajstić information content (AvgIpc) is 2.37. The van der Waals surface area contributed by atoms with Crippen LogP contribution in [0.1, 0.15) is 41.6 Å². The van der Waals surface area contributed by atoms with E-state index in [2.05, 4.69) is 5.32 Å². The summed E-state index contributed by atoms with van der Waals surface area (Å²) in [6.07, 6.45) is 4.24. The Balaban J connectivity index is 1.84. The molecule has 2 heteroatoms. The third-order valence-electron chi connectivity index (χ3n) is 3.52. The molecule has 0 radical (unpaired) electrons. The van der Waals surface area contributed by atoms with Gasteiger partial charge in [0.2, 0.25) is 0 Å². The van der Waals surface area contributed by atoms with Crippen molar-refractivity contribution in [2.75, 3.05) is 13.1 Å². The van der Waals surface area contributed by atoms with Crippen molar-refractivity contribution < 1.29 is 4.79 Å². The molecule has 0 spiro atoms. The number of aryl methyl sites for hydroxylation is 1. The molecule has 1 atom stereocenters. The fraction of sp³-hybridized carbons (Fsp3) is 0.533. The van der Waals surface area contributed by atoms with Crippen molar-refractivity contribution >= 4 is 5.78 Å². The second-order valence-electron chi connectivity index (χ2n) is 5.04. The first-order valence-corrected chi connectivity index (χ1v) is 6.56. The third kappa shape index (κ3) is 3.67. The Morgan fingerprint density at radius 3 is 3.06 bits per heavy atom. The van der Waals surface area contributed by atoms with Crippen LogP contribution in [-0.2, 0) is 0 Å². The zero-order chi connectivity index (χ0) is 12.1. The summed E-state index contributed by atoms with van der Waals surface area (Å²) < 4.78 is 0. The zero-order valence-electron chi connectivity index (χ0n) is 10.5. The monoisotopic (exact) mass is 231 g/mol. The SMILES string of the molecule is Cc1cccc(C(=O)CCC2CCCNC2)c1. The Bertz CT molecular complexity index is 380. The van der Waals surface area contributed by atoms with Gasteiger partial charge in [0.1, 0.15) is 0 Å². The van der Waals surface area contributed by atoms with Crippen LogP contribution in [0.15, 0.2) is 24.3 Å². The van der Waals surface area contributed by atoms with Crippen LogP contribution in [0, 0.1) is 12.8 Å². The van der Waals surface area contributed by atoms with Crippen LogP contribution in [0.25, 0.3) is 0 Å². The van der Waals surface area contributed by atoms with Crippen molar-refractivity contribution in [2.45, 2.75) is 32.6 Å². The van der Waals surface area contributed by atoms with Gasteiger partial charge in [-0.25, -0.2) is 0 Å². The number of carbonyl (C=O) groups is 1. The van der Waals surface area contributed by atoms with Crippen LogP contribution in [0.3, 0.4) is 0 Å². The first-order chi connectivity index (χ1) is 8.25. The molecule has 1 saturated heterocycles. The fourth-order valence-electron chi connectivity index (χ4n) is 2.47. The lowest BCUT2D eigenvalue weighted by atomic mass is 9.92. The highest BCUT2D eigenvalue weighted by atomic mass is 16.1. The quantitative estimate of drug-likeness (QED) is 0.807. The van der Waals surface area contributed by atoms with Gasteiger partial charge in [0.25, 0.3) is 0 Å². The number of Topliss-reactive ketones (excluding diaryl/α,β-unsaturated/α-hetero) is 1. The average molecular weight is 231 g/mol. The van der Waals surface area contributed by atoms with Crippen LogP contribution in [-0.4, -0.2) is 18.9 Å². The highest BCUT2D eigenvalue weighted by molar-refractivity contribution is 5.96. The lowest BCUT2D eigenvalue weighted by Gasteiger charge is -2.22. The molecule has 2 nitrogen and oxygen atoms in total. The highest BCUT2D eigenvalue weighted by Gasteiger charge is 2.15. The number of hydrogen-bond donors (Lipinski definition) is 1. The molecule has 0 saturated carbocycles. The molecular formula is C15H21NO. The zero-order valence-corrected chi connectivity index (χ0v) is 10.5. The number of ketones is 1. The van der Waals surface area contributed by atoms with Crippen LogP contribution in [0.2, 0.25) is 0 Å². The van der Waals surface area contributed by atoms with Gasteiger partial charge in [-0.15, -0.1) is 0 Å². The Hall–Kier alpha value is -1.15. The summed E-state index contributed by atoms with van der Waals surface area (Å²) in [5.41, 5.74) is 2.03. The Morgan fingerprint density at radius 1 is 1.47 bits per heavy atom. The number of rotatable bonds is 4. The van der Waals surface area contributed by atoms with Crippen LogP contribution < -0.4 is 5.32 Å². The molecule has 1 aliphatic rings.